The summed E-state index contributed by atoms with van der Waals surface area (Å²) in [5.74, 6) is -4.08. The number of aliphatic hydroxyl groups excluding tert-OH is 1. The van der Waals surface area contributed by atoms with Gasteiger partial charge in [0.15, 0.2) is 5.60 Å². The second kappa shape index (κ2) is 6.36. The van der Waals surface area contributed by atoms with Gasteiger partial charge >= 0.3 is 11.6 Å². The molecule has 1 saturated heterocycles. The summed E-state index contributed by atoms with van der Waals surface area (Å²) < 4.78 is 37.4. The lowest BCUT2D eigenvalue weighted by molar-refractivity contribution is -0.236. The zero-order valence-corrected chi connectivity index (χ0v) is 14.8. The molecular weight excluding hydrogens is 360 g/mol. The van der Waals surface area contributed by atoms with Gasteiger partial charge in [-0.25, -0.2) is 4.79 Å². The van der Waals surface area contributed by atoms with Crippen molar-refractivity contribution in [2.24, 2.45) is 0 Å². The normalized spacial score (nSPS) is 31.0. The first kappa shape index (κ1) is 19.4. The van der Waals surface area contributed by atoms with Crippen LogP contribution in [0, 0.1) is 0 Å². The van der Waals surface area contributed by atoms with Crippen molar-refractivity contribution in [2.75, 3.05) is 5.73 Å². The van der Waals surface area contributed by atoms with Crippen LogP contribution in [-0.2, 0) is 16.9 Å². The summed E-state index contributed by atoms with van der Waals surface area (Å²) in [6.07, 6.45) is -2.44. The fourth-order valence-electron chi connectivity index (χ4n) is 3.55. The van der Waals surface area contributed by atoms with Crippen molar-refractivity contribution < 1.29 is 23.7 Å². The van der Waals surface area contributed by atoms with Crippen LogP contribution in [0.2, 0.25) is 0 Å². The van der Waals surface area contributed by atoms with Crippen LogP contribution in [0.5, 0.6) is 0 Å². The number of benzene rings is 1. The van der Waals surface area contributed by atoms with Gasteiger partial charge in [0.2, 0.25) is 5.72 Å². The van der Waals surface area contributed by atoms with Gasteiger partial charge in [-0.2, -0.15) is 13.8 Å². The maximum absolute atomic E-state index is 15.6. The number of nitrogens with zero attached hydrogens (tertiary/aromatic N) is 2. The third-order valence-electron chi connectivity index (χ3n) is 4.94. The van der Waals surface area contributed by atoms with E-state index in [1.165, 1.54) is 13.0 Å². The third kappa shape index (κ3) is 2.82. The van der Waals surface area contributed by atoms with Crippen molar-refractivity contribution >= 4 is 5.82 Å². The molecule has 1 aromatic heterocycles. The monoisotopic (exact) mass is 381 g/mol. The van der Waals surface area contributed by atoms with E-state index in [-0.39, 0.29) is 5.82 Å². The SMILES string of the molecule is CC(O)[C@H]1O[C@@](Cc2ccccc2)(n2ccc(N)nc2=O)C(F)(F)[C@]1(C)O. The largest absolute Gasteiger partial charge is 0.391 e. The highest BCUT2D eigenvalue weighted by Gasteiger charge is 2.76. The standard InChI is InChI=1S/C18H21F2N3O4/c1-11(24)14-16(2,26)18(19,20)17(27-14,10-12-6-4-3-5-7-12)23-9-8-13(21)22-15(23)25/h3-9,11,14,24,26H,10H2,1-2H3,(H2,21,22,25)/t11?,14-,16-,17-/m1/s1. The molecule has 4 atom stereocenters. The van der Waals surface area contributed by atoms with E-state index in [4.69, 9.17) is 10.5 Å². The number of nitrogens with two attached hydrogens (primary N) is 1. The molecule has 2 aromatic rings. The molecule has 1 aromatic carbocycles. The summed E-state index contributed by atoms with van der Waals surface area (Å²) in [7, 11) is 0. The zero-order chi connectivity index (χ0) is 20.0. The van der Waals surface area contributed by atoms with Crippen molar-refractivity contribution in [2.45, 2.75) is 49.7 Å². The Kier molecular flexibility index (Phi) is 4.57. The Morgan fingerprint density at radius 3 is 2.48 bits per heavy atom. The molecule has 1 aliphatic heterocycles. The fraction of sp³-hybridized carbons (Fsp3) is 0.444. The van der Waals surface area contributed by atoms with Gasteiger partial charge in [0.05, 0.1) is 6.10 Å². The second-order valence-corrected chi connectivity index (χ2v) is 6.95. The highest BCUT2D eigenvalue weighted by atomic mass is 19.3. The van der Waals surface area contributed by atoms with E-state index >= 15 is 8.78 Å². The molecule has 0 radical (unpaired) electrons. The van der Waals surface area contributed by atoms with Gasteiger partial charge in [0, 0.05) is 12.6 Å². The molecule has 1 aliphatic rings. The highest BCUT2D eigenvalue weighted by molar-refractivity contribution is 5.27. The lowest BCUT2D eigenvalue weighted by Crippen LogP contribution is -2.60. The van der Waals surface area contributed by atoms with Gasteiger partial charge in [0.1, 0.15) is 11.9 Å². The Bertz CT molecular complexity index is 886. The summed E-state index contributed by atoms with van der Waals surface area (Å²) in [6.45, 7) is 2.12. The topological polar surface area (TPSA) is 111 Å². The summed E-state index contributed by atoms with van der Waals surface area (Å²) in [6, 6.07) is 9.42. The number of anilines is 1. The molecule has 0 bridgehead atoms. The zero-order valence-electron chi connectivity index (χ0n) is 14.8. The Labute approximate surface area is 154 Å². The number of aromatic nitrogens is 2. The predicted octanol–water partition coefficient (Wildman–Crippen LogP) is 0.887. The van der Waals surface area contributed by atoms with Crippen molar-refractivity contribution in [1.82, 2.24) is 9.55 Å². The molecule has 146 valence electrons. The lowest BCUT2D eigenvalue weighted by Gasteiger charge is -2.38. The van der Waals surface area contributed by atoms with E-state index in [1.54, 1.807) is 30.3 Å². The number of ether oxygens (including phenoxy) is 1. The van der Waals surface area contributed by atoms with Crippen LogP contribution in [0.1, 0.15) is 19.4 Å². The molecule has 4 N–H and O–H groups in total. The predicted molar refractivity (Wildman–Crippen MR) is 93.2 cm³/mol. The summed E-state index contributed by atoms with van der Waals surface area (Å²) in [5, 5.41) is 20.5. The number of rotatable bonds is 4. The second-order valence-electron chi connectivity index (χ2n) is 6.95. The Morgan fingerprint density at radius 1 is 1.33 bits per heavy atom. The number of hydrogen-bond acceptors (Lipinski definition) is 6. The Balaban J connectivity index is 2.27. The van der Waals surface area contributed by atoms with E-state index in [1.807, 2.05) is 0 Å². The van der Waals surface area contributed by atoms with Crippen LogP contribution in [0.15, 0.2) is 47.4 Å². The fourth-order valence-corrected chi connectivity index (χ4v) is 3.55. The molecule has 0 spiro atoms. The van der Waals surface area contributed by atoms with Crippen LogP contribution in [0.25, 0.3) is 0 Å². The molecule has 1 unspecified atom stereocenters. The number of nitrogen functional groups attached to an aromatic ring is 1. The van der Waals surface area contributed by atoms with Gasteiger partial charge in [-0.05, 0) is 25.5 Å². The van der Waals surface area contributed by atoms with Crippen LogP contribution in [0.4, 0.5) is 14.6 Å². The minimum Gasteiger partial charge on any atom is -0.391 e. The van der Waals surface area contributed by atoms with Crippen molar-refractivity contribution in [1.29, 1.82) is 0 Å². The van der Waals surface area contributed by atoms with Crippen LogP contribution in [-0.4, -0.2) is 43.5 Å². The van der Waals surface area contributed by atoms with E-state index < -0.39 is 41.6 Å². The maximum Gasteiger partial charge on any atom is 0.352 e. The van der Waals surface area contributed by atoms with Gasteiger partial charge in [-0.1, -0.05) is 30.3 Å². The van der Waals surface area contributed by atoms with Crippen molar-refractivity contribution in [3.63, 3.8) is 0 Å². The van der Waals surface area contributed by atoms with E-state index in [9.17, 15) is 15.0 Å². The Morgan fingerprint density at radius 2 is 1.96 bits per heavy atom. The minimum absolute atomic E-state index is 0.133. The summed E-state index contributed by atoms with van der Waals surface area (Å²) in [4.78, 5) is 15.9. The summed E-state index contributed by atoms with van der Waals surface area (Å²) >= 11 is 0. The summed E-state index contributed by atoms with van der Waals surface area (Å²) in [5.41, 5.74) is -0.464. The molecule has 0 saturated carbocycles. The van der Waals surface area contributed by atoms with Crippen LogP contribution < -0.4 is 11.4 Å². The van der Waals surface area contributed by atoms with E-state index in [2.05, 4.69) is 4.98 Å². The average molecular weight is 381 g/mol. The van der Waals surface area contributed by atoms with Gasteiger partial charge in [-0.15, -0.1) is 0 Å². The minimum atomic E-state index is -3.95. The van der Waals surface area contributed by atoms with Gasteiger partial charge in [-0.3, -0.25) is 4.57 Å². The Hall–Kier alpha value is -2.36. The van der Waals surface area contributed by atoms with Gasteiger partial charge in [0.25, 0.3) is 0 Å². The molecule has 2 heterocycles. The molecule has 27 heavy (non-hydrogen) atoms. The first-order chi connectivity index (χ1) is 12.5. The number of alkyl halides is 2. The number of hydrogen-bond donors (Lipinski definition) is 3. The highest BCUT2D eigenvalue weighted by Crippen LogP contribution is 2.55. The first-order valence-corrected chi connectivity index (χ1v) is 8.38. The maximum atomic E-state index is 15.6. The molecule has 9 heteroatoms. The molecule has 7 nitrogen and oxygen atoms in total. The molecule has 0 amide bonds. The van der Waals surface area contributed by atoms with Crippen LogP contribution in [0.3, 0.4) is 0 Å². The van der Waals surface area contributed by atoms with Crippen LogP contribution >= 0.6 is 0 Å². The first-order valence-electron chi connectivity index (χ1n) is 8.38. The average Bonchev–Trinajstić information content (AvgIpc) is 2.73. The molecule has 0 aliphatic carbocycles. The number of halogens is 2. The molecule has 3 rings (SSSR count). The smallest absolute Gasteiger partial charge is 0.352 e. The molecular formula is C18H21F2N3O4. The van der Waals surface area contributed by atoms with Crippen molar-refractivity contribution in [3.05, 3.63) is 58.6 Å². The van der Waals surface area contributed by atoms with Gasteiger partial charge < -0.3 is 20.7 Å². The van der Waals surface area contributed by atoms with E-state index in [0.29, 0.717) is 10.1 Å². The molecule has 1 fully saturated rings. The third-order valence-corrected chi connectivity index (χ3v) is 4.94. The van der Waals surface area contributed by atoms with E-state index in [0.717, 1.165) is 13.1 Å². The lowest BCUT2D eigenvalue weighted by atomic mass is 9.84. The number of aliphatic hydroxyl groups is 2. The van der Waals surface area contributed by atoms with Crippen molar-refractivity contribution in [3.8, 4) is 0 Å². The quantitative estimate of drug-likeness (QED) is 0.725.